The molecule has 0 bridgehead atoms. The molecule has 2 N–H and O–H groups in total. The van der Waals surface area contributed by atoms with Crippen molar-refractivity contribution < 1.29 is 0 Å². The van der Waals surface area contributed by atoms with Crippen molar-refractivity contribution in [3.63, 3.8) is 0 Å². The van der Waals surface area contributed by atoms with Crippen molar-refractivity contribution in [1.29, 1.82) is 0 Å². The number of rotatable bonds is 3. The number of pyridine rings is 1. The quantitative estimate of drug-likeness (QED) is 0.892. The maximum atomic E-state index is 5.80. The smallest absolute Gasteiger partial charge is 0.128 e. The van der Waals surface area contributed by atoms with E-state index in [0.717, 1.165) is 37.2 Å². The van der Waals surface area contributed by atoms with Crippen LogP contribution in [0.4, 0.5) is 5.82 Å². The summed E-state index contributed by atoms with van der Waals surface area (Å²) in [5, 5.41) is 0. The Kier molecular flexibility index (Phi) is 4.23. The zero-order valence-electron chi connectivity index (χ0n) is 11.8. The number of anilines is 1. The molecule has 0 saturated carbocycles. The monoisotopic (exact) mass is 247 g/mol. The van der Waals surface area contributed by atoms with Gasteiger partial charge in [-0.05, 0) is 43.2 Å². The third kappa shape index (κ3) is 3.22. The van der Waals surface area contributed by atoms with Crippen LogP contribution in [0.25, 0.3) is 0 Å². The van der Waals surface area contributed by atoms with E-state index in [1.807, 2.05) is 13.1 Å². The number of aromatic nitrogens is 1. The molecule has 1 aliphatic rings. The molecule has 1 aliphatic heterocycles. The first-order valence-corrected chi connectivity index (χ1v) is 7.01. The second kappa shape index (κ2) is 5.70. The topological polar surface area (TPSA) is 42.1 Å². The van der Waals surface area contributed by atoms with Gasteiger partial charge in [0.15, 0.2) is 0 Å². The van der Waals surface area contributed by atoms with Crippen LogP contribution in [-0.4, -0.2) is 24.1 Å². The lowest BCUT2D eigenvalue weighted by atomic mass is 9.89. The lowest BCUT2D eigenvalue weighted by Crippen LogP contribution is -2.38. The van der Waals surface area contributed by atoms with Gasteiger partial charge in [-0.25, -0.2) is 4.98 Å². The summed E-state index contributed by atoms with van der Waals surface area (Å²) in [5.41, 5.74) is 7.03. The molecule has 2 rings (SSSR count). The summed E-state index contributed by atoms with van der Waals surface area (Å²) in [4.78, 5) is 6.99. The molecule has 1 aromatic heterocycles. The summed E-state index contributed by atoms with van der Waals surface area (Å²) in [6.07, 6.45) is 4.15. The number of hydrogen-bond donors (Lipinski definition) is 1. The van der Waals surface area contributed by atoms with Crippen LogP contribution in [-0.2, 0) is 6.42 Å². The highest BCUT2D eigenvalue weighted by molar-refractivity contribution is 5.40. The van der Waals surface area contributed by atoms with E-state index in [-0.39, 0.29) is 6.04 Å². The molecule has 3 nitrogen and oxygen atoms in total. The first-order valence-electron chi connectivity index (χ1n) is 7.01. The predicted molar refractivity (Wildman–Crippen MR) is 76.7 cm³/mol. The van der Waals surface area contributed by atoms with Gasteiger partial charge in [-0.2, -0.15) is 0 Å². The van der Waals surface area contributed by atoms with E-state index < -0.39 is 0 Å². The van der Waals surface area contributed by atoms with Crippen LogP contribution in [0.1, 0.15) is 32.8 Å². The number of hydrogen-bond acceptors (Lipinski definition) is 3. The molecule has 1 fully saturated rings. The molecule has 0 radical (unpaired) electrons. The van der Waals surface area contributed by atoms with Crippen LogP contribution in [0.5, 0.6) is 0 Å². The van der Waals surface area contributed by atoms with Gasteiger partial charge in [0.25, 0.3) is 0 Å². The summed E-state index contributed by atoms with van der Waals surface area (Å²) in [5.74, 6) is 2.70. The minimum atomic E-state index is 0.202. The van der Waals surface area contributed by atoms with Gasteiger partial charge in [-0.3, -0.25) is 0 Å². The minimum absolute atomic E-state index is 0.202. The summed E-state index contributed by atoms with van der Waals surface area (Å²) in [6, 6.07) is 4.50. The van der Waals surface area contributed by atoms with Crippen molar-refractivity contribution in [2.45, 2.75) is 39.7 Å². The van der Waals surface area contributed by atoms with Crippen LogP contribution in [0.3, 0.4) is 0 Å². The van der Waals surface area contributed by atoms with E-state index in [1.54, 1.807) is 0 Å². The van der Waals surface area contributed by atoms with E-state index in [2.05, 4.69) is 35.9 Å². The first kappa shape index (κ1) is 13.3. The molecule has 0 amide bonds. The average molecular weight is 247 g/mol. The maximum absolute atomic E-state index is 5.80. The molecule has 100 valence electrons. The molecule has 0 aliphatic carbocycles. The van der Waals surface area contributed by atoms with E-state index in [0.29, 0.717) is 0 Å². The van der Waals surface area contributed by atoms with Crippen LogP contribution >= 0.6 is 0 Å². The normalized spacial score (nSPS) is 26.1. The van der Waals surface area contributed by atoms with Gasteiger partial charge < -0.3 is 10.6 Å². The number of nitrogens with zero attached hydrogens (tertiary/aromatic N) is 2. The van der Waals surface area contributed by atoms with Crippen LogP contribution < -0.4 is 10.6 Å². The van der Waals surface area contributed by atoms with Gasteiger partial charge >= 0.3 is 0 Å². The van der Waals surface area contributed by atoms with Crippen molar-refractivity contribution in [3.8, 4) is 0 Å². The summed E-state index contributed by atoms with van der Waals surface area (Å²) in [6.45, 7) is 8.97. The van der Waals surface area contributed by atoms with E-state index >= 15 is 0 Å². The molecular weight excluding hydrogens is 222 g/mol. The Labute approximate surface area is 110 Å². The van der Waals surface area contributed by atoms with Gasteiger partial charge in [0, 0.05) is 25.3 Å². The van der Waals surface area contributed by atoms with Crippen LogP contribution in [0.2, 0.25) is 0 Å². The zero-order valence-corrected chi connectivity index (χ0v) is 11.8. The Balaban J connectivity index is 2.01. The average Bonchev–Trinajstić information content (AvgIpc) is 2.33. The molecule has 2 heterocycles. The van der Waals surface area contributed by atoms with E-state index in [4.69, 9.17) is 5.73 Å². The van der Waals surface area contributed by atoms with Crippen molar-refractivity contribution in [2.75, 3.05) is 18.0 Å². The van der Waals surface area contributed by atoms with Gasteiger partial charge in [-0.1, -0.05) is 19.9 Å². The van der Waals surface area contributed by atoms with Crippen molar-refractivity contribution in [2.24, 2.45) is 17.6 Å². The van der Waals surface area contributed by atoms with Gasteiger partial charge in [0.05, 0.1) is 0 Å². The summed E-state index contributed by atoms with van der Waals surface area (Å²) < 4.78 is 0. The standard InChI is InChI=1S/C15H25N3/c1-11-6-7-18(10-12(11)2)15-5-4-14(9-17-15)8-13(3)16/h4-5,9,11-13H,6-8,10,16H2,1-3H3. The Morgan fingerprint density at radius 1 is 1.39 bits per heavy atom. The van der Waals surface area contributed by atoms with Crippen molar-refractivity contribution >= 4 is 5.82 Å². The largest absolute Gasteiger partial charge is 0.356 e. The molecule has 1 saturated heterocycles. The van der Waals surface area contributed by atoms with Gasteiger partial charge in [0.2, 0.25) is 0 Å². The second-order valence-electron chi connectivity index (χ2n) is 5.90. The Morgan fingerprint density at radius 3 is 2.72 bits per heavy atom. The van der Waals surface area contributed by atoms with Crippen LogP contribution in [0, 0.1) is 11.8 Å². The zero-order chi connectivity index (χ0) is 13.1. The fraction of sp³-hybridized carbons (Fsp3) is 0.667. The highest BCUT2D eigenvalue weighted by Gasteiger charge is 2.23. The highest BCUT2D eigenvalue weighted by atomic mass is 15.2. The molecule has 18 heavy (non-hydrogen) atoms. The van der Waals surface area contributed by atoms with Gasteiger partial charge in [0.1, 0.15) is 5.82 Å². The van der Waals surface area contributed by atoms with Crippen molar-refractivity contribution in [1.82, 2.24) is 4.98 Å². The minimum Gasteiger partial charge on any atom is -0.356 e. The Bertz CT molecular complexity index is 372. The molecule has 0 aromatic carbocycles. The maximum Gasteiger partial charge on any atom is 0.128 e. The summed E-state index contributed by atoms with van der Waals surface area (Å²) in [7, 11) is 0. The molecule has 0 spiro atoms. The molecule has 3 heteroatoms. The molecule has 3 atom stereocenters. The number of piperidine rings is 1. The highest BCUT2D eigenvalue weighted by Crippen LogP contribution is 2.25. The second-order valence-corrected chi connectivity index (χ2v) is 5.90. The first-order chi connectivity index (χ1) is 8.56. The fourth-order valence-corrected chi connectivity index (χ4v) is 2.57. The third-order valence-electron chi connectivity index (χ3n) is 4.02. The molecule has 1 aromatic rings. The number of nitrogens with two attached hydrogens (primary N) is 1. The van der Waals surface area contributed by atoms with Gasteiger partial charge in [-0.15, -0.1) is 0 Å². The lowest BCUT2D eigenvalue weighted by Gasteiger charge is -2.36. The summed E-state index contributed by atoms with van der Waals surface area (Å²) >= 11 is 0. The van der Waals surface area contributed by atoms with Crippen LogP contribution in [0.15, 0.2) is 18.3 Å². The Hall–Kier alpha value is -1.09. The van der Waals surface area contributed by atoms with Crippen molar-refractivity contribution in [3.05, 3.63) is 23.9 Å². The lowest BCUT2D eigenvalue weighted by molar-refractivity contribution is 0.323. The van der Waals surface area contributed by atoms with E-state index in [1.165, 1.54) is 12.0 Å². The Morgan fingerprint density at radius 2 is 2.17 bits per heavy atom. The third-order valence-corrected chi connectivity index (χ3v) is 4.02. The predicted octanol–water partition coefficient (Wildman–Crippen LogP) is 2.45. The molecule has 3 unspecified atom stereocenters. The SMILES string of the molecule is CC(N)Cc1ccc(N2CCC(C)C(C)C2)nc1. The van der Waals surface area contributed by atoms with E-state index in [9.17, 15) is 0 Å². The molecular formula is C15H25N3. The fourth-order valence-electron chi connectivity index (χ4n) is 2.57.